The Morgan fingerprint density at radius 1 is 1.45 bits per heavy atom. The topological polar surface area (TPSA) is 15.8 Å². The van der Waals surface area contributed by atoms with E-state index in [1.54, 1.807) is 0 Å². The lowest BCUT2D eigenvalue weighted by molar-refractivity contribution is 0.719. The van der Waals surface area contributed by atoms with Gasteiger partial charge in [0.05, 0.1) is 0 Å². The maximum atomic E-state index is 3.89. The summed E-state index contributed by atoms with van der Waals surface area (Å²) < 4.78 is 0. The van der Waals surface area contributed by atoms with Gasteiger partial charge in [-0.2, -0.15) is 0 Å². The highest BCUT2D eigenvalue weighted by molar-refractivity contribution is 5.75. The minimum Gasteiger partial charge on any atom is -0.358 e. The summed E-state index contributed by atoms with van der Waals surface area (Å²) in [5.74, 6) is 0.518. The lowest BCUT2D eigenvalue weighted by atomic mass is 10.00. The first-order valence-electron chi connectivity index (χ1n) is 7.51. The molecular weight excluding hydrogens is 242 g/mol. The fraction of sp³-hybridized carbons (Fsp3) is 0.368. The summed E-state index contributed by atoms with van der Waals surface area (Å²) in [4.78, 5) is 3.60. The number of H-pyrrole nitrogens is 1. The summed E-state index contributed by atoms with van der Waals surface area (Å²) in [6, 6.07) is 2.31. The van der Waals surface area contributed by atoms with Crippen molar-refractivity contribution in [3.05, 3.63) is 65.5 Å². The lowest BCUT2D eigenvalue weighted by Crippen LogP contribution is -1.97. The van der Waals surface area contributed by atoms with Crippen LogP contribution >= 0.6 is 0 Å². The molecule has 20 heavy (non-hydrogen) atoms. The van der Waals surface area contributed by atoms with E-state index in [0.29, 0.717) is 5.92 Å². The highest BCUT2D eigenvalue weighted by atomic mass is 14.7. The van der Waals surface area contributed by atoms with Crippen LogP contribution in [0.5, 0.6) is 0 Å². The van der Waals surface area contributed by atoms with Crippen molar-refractivity contribution >= 4 is 5.57 Å². The highest BCUT2D eigenvalue weighted by Crippen LogP contribution is 2.25. The fourth-order valence-electron chi connectivity index (χ4n) is 2.59. The Hall–Kier alpha value is -1.76. The second-order valence-corrected chi connectivity index (χ2v) is 5.70. The molecule has 0 aliphatic heterocycles. The molecule has 2 rings (SSSR count). The Morgan fingerprint density at radius 3 is 2.95 bits per heavy atom. The van der Waals surface area contributed by atoms with Gasteiger partial charge in [0.15, 0.2) is 0 Å². The summed E-state index contributed by atoms with van der Waals surface area (Å²) in [6.07, 6.45) is 14.0. The van der Waals surface area contributed by atoms with Crippen LogP contribution in [0.15, 0.2) is 48.6 Å². The predicted molar refractivity (Wildman–Crippen MR) is 88.7 cm³/mol. The number of aromatic nitrogens is 1. The molecule has 0 radical (unpaired) electrons. The third-order valence-corrected chi connectivity index (χ3v) is 3.85. The van der Waals surface area contributed by atoms with Gasteiger partial charge in [0.25, 0.3) is 0 Å². The molecule has 0 saturated carbocycles. The monoisotopic (exact) mass is 267 g/mol. The van der Waals surface area contributed by atoms with Gasteiger partial charge in [0.2, 0.25) is 0 Å². The average Bonchev–Trinajstić information content (AvgIpc) is 2.71. The number of aryl methyl sites for hydroxylation is 1. The van der Waals surface area contributed by atoms with Crippen LogP contribution in [0.25, 0.3) is 5.57 Å². The molecular formula is C19H25N. The van der Waals surface area contributed by atoms with Crippen molar-refractivity contribution in [3.8, 4) is 0 Å². The van der Waals surface area contributed by atoms with Gasteiger partial charge in [0.1, 0.15) is 0 Å². The molecule has 1 heterocycles. The lowest BCUT2D eigenvalue weighted by Gasteiger charge is -2.05. The largest absolute Gasteiger partial charge is 0.358 e. The van der Waals surface area contributed by atoms with Crippen LogP contribution in [-0.4, -0.2) is 4.98 Å². The van der Waals surface area contributed by atoms with Gasteiger partial charge >= 0.3 is 0 Å². The van der Waals surface area contributed by atoms with Crippen LogP contribution in [0.4, 0.5) is 0 Å². The summed E-state index contributed by atoms with van der Waals surface area (Å²) in [5.41, 5.74) is 6.70. The van der Waals surface area contributed by atoms with Crippen LogP contribution in [0, 0.1) is 5.92 Å². The maximum absolute atomic E-state index is 3.89. The van der Waals surface area contributed by atoms with E-state index in [-0.39, 0.29) is 0 Å². The zero-order valence-corrected chi connectivity index (χ0v) is 12.9. The third kappa shape index (κ3) is 3.41. The molecule has 1 unspecified atom stereocenters. The molecule has 0 saturated heterocycles. The van der Waals surface area contributed by atoms with Crippen LogP contribution in [0.3, 0.4) is 0 Å². The van der Waals surface area contributed by atoms with E-state index < -0.39 is 0 Å². The van der Waals surface area contributed by atoms with Gasteiger partial charge in [-0.1, -0.05) is 49.8 Å². The van der Waals surface area contributed by atoms with E-state index in [1.165, 1.54) is 28.1 Å². The van der Waals surface area contributed by atoms with Crippen molar-refractivity contribution < 1.29 is 0 Å². The predicted octanol–water partition coefficient (Wildman–Crippen LogP) is 5.23. The molecule has 1 heteroatoms. The third-order valence-electron chi connectivity index (χ3n) is 3.85. The van der Waals surface area contributed by atoms with Gasteiger partial charge in [-0.05, 0) is 49.3 Å². The van der Waals surface area contributed by atoms with E-state index in [2.05, 4.69) is 62.7 Å². The van der Waals surface area contributed by atoms with Gasteiger partial charge in [-0.15, -0.1) is 6.58 Å². The maximum Gasteiger partial charge on any atom is 0.0458 e. The van der Waals surface area contributed by atoms with E-state index in [9.17, 15) is 0 Å². The zero-order chi connectivity index (χ0) is 14.5. The molecule has 0 bridgehead atoms. The van der Waals surface area contributed by atoms with Crippen molar-refractivity contribution in [2.24, 2.45) is 5.92 Å². The highest BCUT2D eigenvalue weighted by Gasteiger charge is 2.11. The van der Waals surface area contributed by atoms with Crippen molar-refractivity contribution in [1.82, 2.24) is 4.98 Å². The first kappa shape index (κ1) is 14.6. The standard InChI is InChI=1S/C19H25N/c1-5-14(3)11-17-13-19(20-18(17)6-2)16-10-8-7-9-15(4)12-16/h5,7-8,10,12-14,20H,1,6,9,11H2,2-4H3. The van der Waals surface area contributed by atoms with Crippen molar-refractivity contribution in [2.75, 3.05) is 0 Å². The molecule has 1 nitrogen and oxygen atoms in total. The number of nitrogens with one attached hydrogen (secondary N) is 1. The number of rotatable bonds is 5. The summed E-state index contributed by atoms with van der Waals surface area (Å²) in [7, 11) is 0. The number of hydrogen-bond donors (Lipinski definition) is 1. The van der Waals surface area contributed by atoms with Gasteiger partial charge in [-0.25, -0.2) is 0 Å². The van der Waals surface area contributed by atoms with Gasteiger partial charge in [-0.3, -0.25) is 0 Å². The van der Waals surface area contributed by atoms with Crippen LogP contribution < -0.4 is 0 Å². The smallest absolute Gasteiger partial charge is 0.0458 e. The normalized spacial score (nSPS) is 16.4. The quantitative estimate of drug-likeness (QED) is 0.703. The Kier molecular flexibility index (Phi) is 4.84. The van der Waals surface area contributed by atoms with Crippen molar-refractivity contribution in [2.45, 2.75) is 40.0 Å². The zero-order valence-electron chi connectivity index (χ0n) is 12.9. The van der Waals surface area contributed by atoms with E-state index in [0.717, 1.165) is 19.3 Å². The second kappa shape index (κ2) is 6.60. The number of allylic oxidation sites excluding steroid dienone is 7. The fourth-order valence-corrected chi connectivity index (χ4v) is 2.59. The first-order chi connectivity index (χ1) is 9.63. The Labute approximate surface area is 122 Å². The summed E-state index contributed by atoms with van der Waals surface area (Å²) in [6.45, 7) is 10.5. The molecule has 0 aromatic carbocycles. The molecule has 0 fully saturated rings. The molecule has 1 N–H and O–H groups in total. The van der Waals surface area contributed by atoms with Gasteiger partial charge in [0, 0.05) is 11.4 Å². The van der Waals surface area contributed by atoms with Crippen LogP contribution in [0.2, 0.25) is 0 Å². The van der Waals surface area contributed by atoms with E-state index in [1.807, 2.05) is 6.08 Å². The van der Waals surface area contributed by atoms with E-state index in [4.69, 9.17) is 0 Å². The van der Waals surface area contributed by atoms with Gasteiger partial charge < -0.3 is 4.98 Å². The summed E-state index contributed by atoms with van der Waals surface area (Å²) in [5, 5.41) is 0. The molecule has 106 valence electrons. The minimum atomic E-state index is 0.518. The summed E-state index contributed by atoms with van der Waals surface area (Å²) >= 11 is 0. The first-order valence-corrected chi connectivity index (χ1v) is 7.51. The minimum absolute atomic E-state index is 0.518. The SMILES string of the molecule is C=CC(C)Cc1cc(C2=CC=CCC(C)=C2)[nH]c1CC. The molecule has 1 aromatic rings. The van der Waals surface area contributed by atoms with Crippen LogP contribution in [0.1, 0.15) is 44.1 Å². The Morgan fingerprint density at radius 2 is 2.25 bits per heavy atom. The van der Waals surface area contributed by atoms with Crippen LogP contribution in [-0.2, 0) is 12.8 Å². The molecule has 1 aliphatic carbocycles. The Balaban J connectivity index is 2.33. The second-order valence-electron chi connectivity index (χ2n) is 5.70. The molecule has 1 aliphatic rings. The van der Waals surface area contributed by atoms with Crippen molar-refractivity contribution in [1.29, 1.82) is 0 Å². The molecule has 0 amide bonds. The number of hydrogen-bond acceptors (Lipinski definition) is 0. The molecule has 1 atom stereocenters. The molecule has 0 spiro atoms. The van der Waals surface area contributed by atoms with E-state index >= 15 is 0 Å². The Bertz CT molecular complexity index is 567. The number of aromatic amines is 1. The van der Waals surface area contributed by atoms with Crippen molar-refractivity contribution in [3.63, 3.8) is 0 Å². The average molecular weight is 267 g/mol. The molecule has 1 aromatic heterocycles.